The lowest BCUT2D eigenvalue weighted by Gasteiger charge is -2.24. The summed E-state index contributed by atoms with van der Waals surface area (Å²) in [6, 6.07) is -5.41. The molecule has 0 saturated carbocycles. The van der Waals surface area contributed by atoms with E-state index in [-0.39, 0.29) is 25.0 Å². The molecule has 14 nitrogen and oxygen atoms in total. The fourth-order valence-electron chi connectivity index (χ4n) is 2.60. The summed E-state index contributed by atoms with van der Waals surface area (Å²) in [4.78, 5) is 71.0. The average molecular weight is 493 g/mol. The molecule has 188 valence electrons. The third kappa shape index (κ3) is 12.6. The van der Waals surface area contributed by atoms with E-state index in [0.717, 1.165) is 0 Å². The molecule has 0 fully saturated rings. The zero-order chi connectivity index (χ0) is 25.6. The second kappa shape index (κ2) is 15.8. The highest BCUT2D eigenvalue weighted by atomic mass is 32.1. The Balaban J connectivity index is 5.50. The van der Waals surface area contributed by atoms with Crippen LogP contribution in [0.1, 0.15) is 38.5 Å². The van der Waals surface area contributed by atoms with Gasteiger partial charge in [0.2, 0.25) is 23.6 Å². The number of carboxylic acid groups (broad SMARTS) is 2. The van der Waals surface area contributed by atoms with Gasteiger partial charge in [-0.25, -0.2) is 4.79 Å². The van der Waals surface area contributed by atoms with Crippen LogP contribution in [0.25, 0.3) is 0 Å². The van der Waals surface area contributed by atoms with Crippen molar-refractivity contribution in [3.05, 3.63) is 0 Å². The van der Waals surface area contributed by atoms with Gasteiger partial charge in [0.1, 0.15) is 18.1 Å². The van der Waals surface area contributed by atoms with Gasteiger partial charge >= 0.3 is 11.9 Å². The molecule has 0 aromatic heterocycles. The molecular weight excluding hydrogens is 460 g/mol. The van der Waals surface area contributed by atoms with E-state index in [1.165, 1.54) is 0 Å². The number of thiol groups is 1. The van der Waals surface area contributed by atoms with Crippen molar-refractivity contribution >= 4 is 48.2 Å². The highest BCUT2D eigenvalue weighted by molar-refractivity contribution is 7.80. The number of rotatable bonds is 17. The van der Waals surface area contributed by atoms with E-state index in [0.29, 0.717) is 19.4 Å². The fraction of sp³-hybridized carbons (Fsp3) is 0.667. The second-order valence-corrected chi connectivity index (χ2v) is 7.56. The molecule has 4 atom stereocenters. The van der Waals surface area contributed by atoms with Gasteiger partial charge < -0.3 is 43.4 Å². The third-order valence-electron chi connectivity index (χ3n) is 4.42. The van der Waals surface area contributed by atoms with Crippen LogP contribution in [0.4, 0.5) is 0 Å². The minimum atomic E-state index is -1.59. The number of unbranched alkanes of at least 4 members (excludes halogenated alkanes) is 1. The molecule has 15 heteroatoms. The van der Waals surface area contributed by atoms with E-state index >= 15 is 0 Å². The van der Waals surface area contributed by atoms with E-state index in [4.69, 9.17) is 22.3 Å². The van der Waals surface area contributed by atoms with E-state index in [2.05, 4.69) is 28.6 Å². The lowest BCUT2D eigenvalue weighted by molar-refractivity contribution is -0.143. The van der Waals surface area contributed by atoms with Gasteiger partial charge in [0.15, 0.2) is 0 Å². The number of aliphatic carboxylic acids is 2. The molecular formula is C18H32N6O8S. The molecule has 0 aliphatic rings. The van der Waals surface area contributed by atoms with Gasteiger partial charge in [-0.05, 0) is 32.2 Å². The Morgan fingerprint density at radius 3 is 1.85 bits per heavy atom. The van der Waals surface area contributed by atoms with Crippen molar-refractivity contribution < 1.29 is 39.0 Å². The lowest BCUT2D eigenvalue weighted by atomic mass is 10.1. The van der Waals surface area contributed by atoms with Crippen LogP contribution >= 0.6 is 12.6 Å². The molecule has 0 aromatic rings. The summed E-state index contributed by atoms with van der Waals surface area (Å²) in [5.74, 6) is -6.38. The Hall–Kier alpha value is -2.91. The van der Waals surface area contributed by atoms with E-state index in [9.17, 15) is 33.9 Å². The summed E-state index contributed by atoms with van der Waals surface area (Å²) < 4.78 is 0. The molecule has 4 unspecified atom stereocenters. The standard InChI is InChI=1S/C18H32N6O8S/c19-6-2-1-3-11(18(31)32)23-16(29)10(4-5-13(21)25)22-17(30)12(7-14(26)27)24-15(28)9(20)8-33/h9-12,33H,1-8,19-20H2,(H2,21,25)(H,22,30)(H,23,29)(H,24,28)(H,26,27)(H,31,32). The molecule has 0 heterocycles. The Morgan fingerprint density at radius 2 is 1.36 bits per heavy atom. The van der Waals surface area contributed by atoms with E-state index in [1.54, 1.807) is 0 Å². The van der Waals surface area contributed by atoms with E-state index < -0.39 is 66.2 Å². The molecule has 0 bridgehead atoms. The summed E-state index contributed by atoms with van der Waals surface area (Å²) in [5.41, 5.74) is 16.0. The van der Waals surface area contributed by atoms with Crippen LogP contribution in [0.3, 0.4) is 0 Å². The Labute approximate surface area is 195 Å². The van der Waals surface area contributed by atoms with Gasteiger partial charge in [0.25, 0.3) is 0 Å². The van der Waals surface area contributed by atoms with Crippen molar-refractivity contribution in [2.75, 3.05) is 12.3 Å². The minimum Gasteiger partial charge on any atom is -0.481 e. The summed E-state index contributed by atoms with van der Waals surface area (Å²) in [7, 11) is 0. The molecule has 33 heavy (non-hydrogen) atoms. The van der Waals surface area contributed by atoms with Crippen LogP contribution in [0.5, 0.6) is 0 Å². The molecule has 0 aromatic carbocycles. The molecule has 0 aliphatic heterocycles. The number of primary amides is 1. The maximum Gasteiger partial charge on any atom is 0.326 e. The Kier molecular flexibility index (Phi) is 14.4. The van der Waals surface area contributed by atoms with Crippen molar-refractivity contribution in [3.63, 3.8) is 0 Å². The largest absolute Gasteiger partial charge is 0.481 e. The van der Waals surface area contributed by atoms with Gasteiger partial charge in [-0.3, -0.25) is 24.0 Å². The van der Waals surface area contributed by atoms with Crippen LogP contribution in [-0.4, -0.2) is 82.2 Å². The number of nitrogens with two attached hydrogens (primary N) is 3. The molecule has 0 spiro atoms. The van der Waals surface area contributed by atoms with Crippen LogP contribution < -0.4 is 33.2 Å². The lowest BCUT2D eigenvalue weighted by Crippen LogP contribution is -2.57. The molecule has 4 amide bonds. The molecule has 0 radical (unpaired) electrons. The smallest absolute Gasteiger partial charge is 0.326 e. The first kappa shape index (κ1) is 30.1. The van der Waals surface area contributed by atoms with Crippen molar-refractivity contribution in [2.45, 2.75) is 62.7 Å². The second-order valence-electron chi connectivity index (χ2n) is 7.20. The minimum absolute atomic E-state index is 0.0718. The fourth-order valence-corrected chi connectivity index (χ4v) is 2.76. The number of carbonyl (C=O) groups is 6. The van der Waals surface area contributed by atoms with Gasteiger partial charge in [-0.2, -0.15) is 12.6 Å². The predicted octanol–water partition coefficient (Wildman–Crippen LogP) is -3.35. The van der Waals surface area contributed by atoms with Gasteiger partial charge in [-0.15, -0.1) is 0 Å². The zero-order valence-electron chi connectivity index (χ0n) is 18.0. The summed E-state index contributed by atoms with van der Waals surface area (Å²) in [6.07, 6.45) is -0.404. The monoisotopic (exact) mass is 492 g/mol. The normalized spacial score (nSPS) is 14.3. The number of carbonyl (C=O) groups excluding carboxylic acids is 4. The van der Waals surface area contributed by atoms with Crippen molar-refractivity contribution in [1.82, 2.24) is 16.0 Å². The van der Waals surface area contributed by atoms with Gasteiger partial charge in [0.05, 0.1) is 12.5 Å². The van der Waals surface area contributed by atoms with Gasteiger partial charge in [-0.1, -0.05) is 0 Å². The quantitative estimate of drug-likeness (QED) is 0.0719. The third-order valence-corrected chi connectivity index (χ3v) is 4.81. The maximum atomic E-state index is 12.7. The first-order chi connectivity index (χ1) is 15.4. The van der Waals surface area contributed by atoms with Crippen LogP contribution in [0, 0.1) is 0 Å². The number of hydrogen-bond acceptors (Lipinski definition) is 9. The Bertz CT molecular complexity index is 722. The highest BCUT2D eigenvalue weighted by Crippen LogP contribution is 2.05. The summed E-state index contributed by atoms with van der Waals surface area (Å²) in [5, 5.41) is 25.1. The first-order valence-electron chi connectivity index (χ1n) is 10.1. The highest BCUT2D eigenvalue weighted by Gasteiger charge is 2.31. The summed E-state index contributed by atoms with van der Waals surface area (Å²) in [6.45, 7) is 0.338. The number of amides is 4. The maximum absolute atomic E-state index is 12.7. The molecule has 11 N–H and O–H groups in total. The van der Waals surface area contributed by atoms with E-state index in [1.807, 2.05) is 0 Å². The van der Waals surface area contributed by atoms with Crippen molar-refractivity contribution in [2.24, 2.45) is 17.2 Å². The topological polar surface area (TPSA) is 257 Å². The average Bonchev–Trinajstić information content (AvgIpc) is 2.73. The predicted molar refractivity (Wildman–Crippen MR) is 119 cm³/mol. The zero-order valence-corrected chi connectivity index (χ0v) is 18.9. The Morgan fingerprint density at radius 1 is 0.818 bits per heavy atom. The number of carboxylic acids is 2. The van der Waals surface area contributed by atoms with Crippen LogP contribution in [0.2, 0.25) is 0 Å². The SMILES string of the molecule is NCCCCC(NC(=O)C(CCC(N)=O)NC(=O)C(CC(=O)O)NC(=O)C(N)CS)C(=O)O. The molecule has 0 aliphatic carbocycles. The van der Waals surface area contributed by atoms with Crippen molar-refractivity contribution in [1.29, 1.82) is 0 Å². The van der Waals surface area contributed by atoms with Crippen LogP contribution in [0.15, 0.2) is 0 Å². The van der Waals surface area contributed by atoms with Crippen LogP contribution in [-0.2, 0) is 28.8 Å². The van der Waals surface area contributed by atoms with Gasteiger partial charge in [0, 0.05) is 12.2 Å². The molecule has 0 saturated heterocycles. The van der Waals surface area contributed by atoms with Crippen molar-refractivity contribution in [3.8, 4) is 0 Å². The summed E-state index contributed by atoms with van der Waals surface area (Å²) >= 11 is 3.85. The number of hydrogen-bond donors (Lipinski definition) is 9. The first-order valence-corrected chi connectivity index (χ1v) is 10.8. The molecule has 0 rings (SSSR count). The number of nitrogens with one attached hydrogen (secondary N) is 3.